The van der Waals surface area contributed by atoms with Crippen LogP contribution in [0.1, 0.15) is 12.5 Å². The van der Waals surface area contributed by atoms with E-state index in [1.165, 1.54) is 0 Å². The highest BCUT2D eigenvalue weighted by atomic mass is 32.1. The van der Waals surface area contributed by atoms with Crippen LogP contribution in [0.25, 0.3) is 0 Å². The molecule has 0 saturated carbocycles. The van der Waals surface area contributed by atoms with Crippen LogP contribution in [0.3, 0.4) is 0 Å². The highest BCUT2D eigenvalue weighted by molar-refractivity contribution is 7.13. The van der Waals surface area contributed by atoms with E-state index in [1.807, 2.05) is 30.9 Å². The van der Waals surface area contributed by atoms with E-state index in [2.05, 4.69) is 24.8 Å². The van der Waals surface area contributed by atoms with Crippen molar-refractivity contribution in [1.82, 2.24) is 15.0 Å². The normalized spacial score (nSPS) is 17.0. The molecule has 7 heteroatoms. The molecule has 1 aliphatic heterocycles. The zero-order chi connectivity index (χ0) is 14.7. The predicted molar refractivity (Wildman–Crippen MR) is 85.9 cm³/mol. The lowest BCUT2D eigenvalue weighted by Crippen LogP contribution is -2.47. The van der Waals surface area contributed by atoms with Crippen LogP contribution >= 0.6 is 11.3 Å². The minimum Gasteiger partial charge on any atom is -0.345 e. The van der Waals surface area contributed by atoms with Gasteiger partial charge >= 0.3 is 0 Å². The fraction of sp³-hybridized carbons (Fsp3) is 0.500. The summed E-state index contributed by atoms with van der Waals surface area (Å²) in [5.41, 5.74) is 6.88. The number of piperazine rings is 1. The van der Waals surface area contributed by atoms with Crippen LogP contribution in [0.2, 0.25) is 0 Å². The van der Waals surface area contributed by atoms with Crippen LogP contribution in [0.4, 0.5) is 11.1 Å². The van der Waals surface area contributed by atoms with Gasteiger partial charge in [0, 0.05) is 56.2 Å². The summed E-state index contributed by atoms with van der Waals surface area (Å²) in [6.07, 6.45) is 6.45. The van der Waals surface area contributed by atoms with Crippen molar-refractivity contribution in [2.24, 2.45) is 5.73 Å². The molecule has 0 radical (unpaired) electrons. The molecule has 3 rings (SSSR count). The maximum atomic E-state index is 5.79. The van der Waals surface area contributed by atoms with E-state index in [0.717, 1.165) is 49.2 Å². The SMILES string of the molecule is CC(N)Cc1cnc(N2CCN(c3nccs3)CC2)nc1. The molecule has 0 amide bonds. The number of aromatic nitrogens is 3. The Morgan fingerprint density at radius 1 is 1.14 bits per heavy atom. The van der Waals surface area contributed by atoms with E-state index in [-0.39, 0.29) is 6.04 Å². The van der Waals surface area contributed by atoms with Crippen LogP contribution in [-0.2, 0) is 6.42 Å². The molecular weight excluding hydrogens is 284 g/mol. The molecule has 21 heavy (non-hydrogen) atoms. The lowest BCUT2D eigenvalue weighted by atomic mass is 10.1. The van der Waals surface area contributed by atoms with Crippen molar-refractivity contribution >= 4 is 22.4 Å². The summed E-state index contributed by atoms with van der Waals surface area (Å²) in [5, 5.41) is 3.12. The van der Waals surface area contributed by atoms with Gasteiger partial charge in [0.1, 0.15) is 0 Å². The Morgan fingerprint density at radius 2 is 1.81 bits per heavy atom. The molecule has 1 saturated heterocycles. The first-order valence-electron chi connectivity index (χ1n) is 7.18. The Morgan fingerprint density at radius 3 is 2.38 bits per heavy atom. The molecule has 0 spiro atoms. The standard InChI is InChI=1S/C14H20N6S/c1-11(15)8-12-9-17-13(18-10-12)19-3-5-20(6-4-19)14-16-2-7-21-14/h2,7,9-11H,3-6,8,15H2,1H3. The molecule has 2 aromatic heterocycles. The molecule has 112 valence electrons. The van der Waals surface area contributed by atoms with Crippen molar-refractivity contribution in [3.63, 3.8) is 0 Å². The highest BCUT2D eigenvalue weighted by Gasteiger charge is 2.20. The fourth-order valence-corrected chi connectivity index (χ4v) is 3.16. The molecule has 2 aromatic rings. The van der Waals surface area contributed by atoms with Gasteiger partial charge in [-0.05, 0) is 18.9 Å². The summed E-state index contributed by atoms with van der Waals surface area (Å²) in [5.74, 6) is 0.808. The number of hydrogen-bond acceptors (Lipinski definition) is 7. The Bertz CT molecular complexity index is 545. The lowest BCUT2D eigenvalue weighted by molar-refractivity contribution is 0.637. The van der Waals surface area contributed by atoms with E-state index in [0.29, 0.717) is 0 Å². The van der Waals surface area contributed by atoms with Crippen LogP contribution in [0.5, 0.6) is 0 Å². The van der Waals surface area contributed by atoms with Crippen LogP contribution in [0.15, 0.2) is 24.0 Å². The van der Waals surface area contributed by atoms with Crippen molar-refractivity contribution in [2.75, 3.05) is 36.0 Å². The maximum absolute atomic E-state index is 5.79. The van der Waals surface area contributed by atoms with Gasteiger partial charge in [-0.15, -0.1) is 11.3 Å². The van der Waals surface area contributed by atoms with E-state index < -0.39 is 0 Å². The summed E-state index contributed by atoms with van der Waals surface area (Å²) in [6, 6.07) is 0.140. The Hall–Kier alpha value is -1.73. The summed E-state index contributed by atoms with van der Waals surface area (Å²) in [6.45, 7) is 5.75. The molecule has 0 aromatic carbocycles. The monoisotopic (exact) mass is 304 g/mol. The Labute approximate surface area is 128 Å². The van der Waals surface area contributed by atoms with Gasteiger partial charge in [-0.1, -0.05) is 0 Å². The van der Waals surface area contributed by atoms with Gasteiger partial charge in [-0.2, -0.15) is 0 Å². The second-order valence-corrected chi connectivity index (χ2v) is 6.23. The van der Waals surface area contributed by atoms with Gasteiger partial charge in [-0.25, -0.2) is 15.0 Å². The minimum absolute atomic E-state index is 0.140. The number of nitrogens with two attached hydrogens (primary N) is 1. The molecule has 3 heterocycles. The number of rotatable bonds is 4. The van der Waals surface area contributed by atoms with Gasteiger partial charge in [0.25, 0.3) is 0 Å². The topological polar surface area (TPSA) is 71.2 Å². The van der Waals surface area contributed by atoms with Crippen LogP contribution in [0, 0.1) is 0 Å². The van der Waals surface area contributed by atoms with Gasteiger partial charge in [0.2, 0.25) is 5.95 Å². The van der Waals surface area contributed by atoms with Gasteiger partial charge in [0.15, 0.2) is 5.13 Å². The van der Waals surface area contributed by atoms with Crippen molar-refractivity contribution < 1.29 is 0 Å². The van der Waals surface area contributed by atoms with E-state index >= 15 is 0 Å². The minimum atomic E-state index is 0.140. The van der Waals surface area contributed by atoms with Crippen molar-refractivity contribution in [3.8, 4) is 0 Å². The van der Waals surface area contributed by atoms with Crippen molar-refractivity contribution in [1.29, 1.82) is 0 Å². The van der Waals surface area contributed by atoms with E-state index in [1.54, 1.807) is 11.3 Å². The third-order valence-corrected chi connectivity index (χ3v) is 4.33. The third-order valence-electron chi connectivity index (χ3n) is 3.50. The molecule has 6 nitrogen and oxygen atoms in total. The predicted octanol–water partition coefficient (Wildman–Crippen LogP) is 1.15. The molecule has 1 atom stereocenters. The first-order valence-corrected chi connectivity index (χ1v) is 8.06. The first kappa shape index (κ1) is 14.2. The summed E-state index contributed by atoms with van der Waals surface area (Å²) in [7, 11) is 0. The Balaban J connectivity index is 1.59. The average Bonchev–Trinajstić information content (AvgIpc) is 3.02. The van der Waals surface area contributed by atoms with Crippen molar-refractivity contribution in [2.45, 2.75) is 19.4 Å². The first-order chi connectivity index (χ1) is 10.2. The molecule has 0 aliphatic carbocycles. The summed E-state index contributed by atoms with van der Waals surface area (Å²) in [4.78, 5) is 17.8. The highest BCUT2D eigenvalue weighted by Crippen LogP contribution is 2.20. The Kier molecular flexibility index (Phi) is 4.31. The number of nitrogens with zero attached hydrogens (tertiary/aromatic N) is 5. The van der Waals surface area contributed by atoms with Crippen LogP contribution < -0.4 is 15.5 Å². The molecular formula is C14H20N6S. The summed E-state index contributed by atoms with van der Waals surface area (Å²) < 4.78 is 0. The van der Waals surface area contributed by atoms with Gasteiger partial charge < -0.3 is 15.5 Å². The molecule has 1 unspecified atom stereocenters. The molecule has 1 aliphatic rings. The van der Waals surface area contributed by atoms with Crippen molar-refractivity contribution in [3.05, 3.63) is 29.5 Å². The van der Waals surface area contributed by atoms with E-state index in [4.69, 9.17) is 5.73 Å². The smallest absolute Gasteiger partial charge is 0.225 e. The summed E-state index contributed by atoms with van der Waals surface area (Å²) >= 11 is 1.69. The number of thiazole rings is 1. The zero-order valence-corrected chi connectivity index (χ0v) is 13.0. The third kappa shape index (κ3) is 3.48. The largest absolute Gasteiger partial charge is 0.345 e. The van der Waals surface area contributed by atoms with E-state index in [9.17, 15) is 0 Å². The van der Waals surface area contributed by atoms with Crippen LogP contribution in [-0.4, -0.2) is 47.2 Å². The zero-order valence-electron chi connectivity index (χ0n) is 12.1. The number of hydrogen-bond donors (Lipinski definition) is 1. The fourth-order valence-electron chi connectivity index (χ4n) is 2.46. The average molecular weight is 304 g/mol. The lowest BCUT2D eigenvalue weighted by Gasteiger charge is -2.34. The second-order valence-electron chi connectivity index (χ2n) is 5.36. The van der Waals surface area contributed by atoms with Gasteiger partial charge in [-0.3, -0.25) is 0 Å². The molecule has 0 bridgehead atoms. The quantitative estimate of drug-likeness (QED) is 0.913. The maximum Gasteiger partial charge on any atom is 0.225 e. The molecule has 2 N–H and O–H groups in total. The number of anilines is 2. The molecule has 1 fully saturated rings. The van der Waals surface area contributed by atoms with Gasteiger partial charge in [0.05, 0.1) is 0 Å². The second kappa shape index (κ2) is 6.36.